The van der Waals surface area contributed by atoms with Crippen LogP contribution in [0.3, 0.4) is 0 Å². The molecule has 0 aromatic heterocycles. The minimum atomic E-state index is -1.73. The molecule has 0 rings (SSSR count). The number of nitrogens with zero attached hydrogens (tertiary/aromatic N) is 9. The largest absolute Gasteiger partial charge is 0.388 e. The Balaban J connectivity index is -0.0000000786. The van der Waals surface area contributed by atoms with E-state index >= 15 is 0 Å². The van der Waals surface area contributed by atoms with E-state index < -0.39 is 154 Å². The molecule has 0 amide bonds. The van der Waals surface area contributed by atoms with Gasteiger partial charge in [0.05, 0.1) is 123 Å². The SMILES string of the molecule is C=CC(C)(O)C(=NC)[Si](C)(C)C.C=CC(C)(O)C(=NCC)[Si](C)(C)C.CCN=C(C(C)(O)[Si](C)(C)C)[Si](C)(C)C.CCN=C(C(C)(O)[Si](CC)(CC)CC)[Si](C)(C)C.CCN=C(C(O)(C(C)C)C(C)C)[Si](C)(C)C.CCN=C(C(O)(CC)C(C)C)[Si](C)(C)C.CCN=C(C(O)(CC)CC)[Si](C)(C)C.CC[Si](CC)(CC)C(=NC)C(C)(O)[Si](CC)(CC)CC.CN=C(C(C)(O)[Si](C)(C)C)[Si](C)(C)C.[Co].[Co].[Co].[Co].[Co].[Co].[Co].[Co].[Co]. The molecule has 18 nitrogen and oxygen atoms in total. The van der Waals surface area contributed by atoms with Gasteiger partial charge in [-0.25, -0.2) is 0 Å². The maximum atomic E-state index is 11.6. The molecular formula is C106H243Co9N9O9Si13. The maximum absolute atomic E-state index is 11.6. The van der Waals surface area contributed by atoms with Crippen molar-refractivity contribution in [1.29, 1.82) is 0 Å². The Bertz CT molecular complexity index is 3670. The second kappa shape index (κ2) is 80.4. The van der Waals surface area contributed by atoms with Crippen molar-refractivity contribution >= 4 is 153 Å². The molecule has 146 heavy (non-hydrogen) atoms. The van der Waals surface area contributed by atoms with Crippen molar-refractivity contribution in [2.24, 2.45) is 62.7 Å². The number of hydrogen-bond donors (Lipinski definition) is 9. The molecule has 0 aliphatic rings. The third kappa shape index (κ3) is 59.1. The van der Waals surface area contributed by atoms with Gasteiger partial charge in [0.1, 0.15) is 30.5 Å². The van der Waals surface area contributed by atoms with Crippen molar-refractivity contribution in [1.82, 2.24) is 0 Å². The Labute approximate surface area is 1010 Å². The fourth-order valence-electron chi connectivity index (χ4n) is 19.9. The van der Waals surface area contributed by atoms with E-state index in [0.29, 0.717) is 0 Å². The second-order valence-electron chi connectivity index (χ2n) is 50.5. The monoisotopic (exact) mass is 2680 g/mol. The summed E-state index contributed by atoms with van der Waals surface area (Å²) in [5, 5.41) is 103. The fourth-order valence-corrected chi connectivity index (χ4v) is 59.9. The molecule has 0 spiro atoms. The molecular weight excluding hydrogens is 2440 g/mol. The van der Waals surface area contributed by atoms with Crippen LogP contribution in [0.15, 0.2) is 70.2 Å². The van der Waals surface area contributed by atoms with Crippen LogP contribution in [0, 0.1) is 17.8 Å². The van der Waals surface area contributed by atoms with Gasteiger partial charge in [-0.1, -0.05) is 401 Å². The van der Waals surface area contributed by atoms with Gasteiger partial charge in [0.25, 0.3) is 0 Å². The molecule has 9 radical (unpaired) electrons. The van der Waals surface area contributed by atoms with Gasteiger partial charge in [-0.15, -0.1) is 0 Å². The molecule has 0 saturated heterocycles. The van der Waals surface area contributed by atoms with Crippen molar-refractivity contribution in [2.75, 3.05) is 60.4 Å². The first kappa shape index (κ1) is 191. The van der Waals surface area contributed by atoms with Crippen LogP contribution in [0.1, 0.15) is 227 Å². The molecule has 899 valence electrons. The number of hydrogen-bond acceptors (Lipinski definition) is 18. The minimum Gasteiger partial charge on any atom is -0.388 e. The quantitative estimate of drug-likeness (QED) is 0.0159. The van der Waals surface area contributed by atoms with Gasteiger partial charge in [0.15, 0.2) is 0 Å². The van der Waals surface area contributed by atoms with Crippen LogP contribution < -0.4 is 0 Å². The first-order chi connectivity index (χ1) is 60.9. The number of rotatable bonds is 45. The van der Waals surface area contributed by atoms with Crippen molar-refractivity contribution in [3.63, 3.8) is 0 Å². The summed E-state index contributed by atoms with van der Waals surface area (Å²) in [5.74, 6) is 0.661. The Morgan fingerprint density at radius 2 is 0.432 bits per heavy atom. The van der Waals surface area contributed by atoms with Crippen LogP contribution in [-0.2, 0) is 151 Å². The molecule has 0 aromatic rings. The van der Waals surface area contributed by atoms with E-state index in [2.05, 4.69) is 369 Å². The Morgan fingerprint density at radius 1 is 0.240 bits per heavy atom. The molecule has 7 atom stereocenters. The zero-order valence-electron chi connectivity index (χ0n) is 107. The van der Waals surface area contributed by atoms with E-state index in [1.165, 1.54) is 23.5 Å². The van der Waals surface area contributed by atoms with Crippen molar-refractivity contribution < 1.29 is 197 Å². The summed E-state index contributed by atoms with van der Waals surface area (Å²) in [7, 11) is -15.1. The normalized spacial score (nSPS) is 16.4. The van der Waals surface area contributed by atoms with E-state index in [-0.39, 0.29) is 169 Å². The predicted octanol–water partition coefficient (Wildman–Crippen LogP) is 28.0. The summed E-state index contributed by atoms with van der Waals surface area (Å²) in [4.78, 5) is 40.7. The summed E-state index contributed by atoms with van der Waals surface area (Å²) in [6.07, 6.45) is 5.42. The number of aliphatic imine (C=N–C) groups is 9. The van der Waals surface area contributed by atoms with Crippen molar-refractivity contribution in [3.05, 3.63) is 25.3 Å². The summed E-state index contributed by atoms with van der Waals surface area (Å²) in [6, 6.07) is 10.5. The van der Waals surface area contributed by atoms with Gasteiger partial charge in [0, 0.05) is 259 Å². The average molecular weight is 2680 g/mol. The molecule has 0 heterocycles. The van der Waals surface area contributed by atoms with Crippen LogP contribution in [-0.4, -0.2) is 308 Å². The van der Waals surface area contributed by atoms with Crippen molar-refractivity contribution in [2.45, 2.75) is 527 Å². The zero-order valence-corrected chi connectivity index (χ0v) is 129. The number of aliphatic hydroxyl groups is 9. The third-order valence-electron chi connectivity index (χ3n) is 29.1. The third-order valence-corrected chi connectivity index (χ3v) is 71.4. The Kier molecular flexibility index (Phi) is 105. The van der Waals surface area contributed by atoms with E-state index in [9.17, 15) is 46.0 Å². The van der Waals surface area contributed by atoms with E-state index in [1.54, 1.807) is 33.0 Å². The Morgan fingerprint density at radius 3 is 0.589 bits per heavy atom. The zero-order chi connectivity index (χ0) is 112. The second-order valence-corrected chi connectivity index (χ2v) is 118. The summed E-state index contributed by atoms with van der Waals surface area (Å²) in [5.41, 5.74) is -3.94. The van der Waals surface area contributed by atoms with Crippen LogP contribution in [0.2, 0.25) is 251 Å². The first-order valence-corrected chi connectivity index (χ1v) is 96.3. The maximum Gasteiger partial charge on any atom is 0.113 e. The van der Waals surface area contributed by atoms with Gasteiger partial charge in [0.2, 0.25) is 0 Å². The van der Waals surface area contributed by atoms with E-state index in [1.807, 2.05) is 83.3 Å². The van der Waals surface area contributed by atoms with Crippen molar-refractivity contribution in [3.8, 4) is 0 Å². The smallest absolute Gasteiger partial charge is 0.113 e. The van der Waals surface area contributed by atoms with Crippen LogP contribution >= 0.6 is 0 Å². The molecule has 0 aromatic carbocycles. The molecule has 0 bridgehead atoms. The predicted molar refractivity (Wildman–Crippen MR) is 667 cm³/mol. The molecule has 9 N–H and O–H groups in total. The van der Waals surface area contributed by atoms with Crippen LogP contribution in [0.4, 0.5) is 0 Å². The summed E-state index contributed by atoms with van der Waals surface area (Å²) in [6.45, 7) is 142. The topological polar surface area (TPSA) is 293 Å². The fraction of sp³-hybridized carbons (Fsp3) is 0.877. The van der Waals surface area contributed by atoms with Gasteiger partial charge in [-0.2, -0.15) is 0 Å². The van der Waals surface area contributed by atoms with E-state index in [0.717, 1.165) is 137 Å². The minimum absolute atomic E-state index is 0. The molecule has 0 saturated carbocycles. The molecule has 0 aliphatic carbocycles. The van der Waals surface area contributed by atoms with Gasteiger partial charge >= 0.3 is 0 Å². The molecule has 40 heteroatoms. The van der Waals surface area contributed by atoms with Crippen LogP contribution in [0.5, 0.6) is 0 Å². The first-order valence-electron chi connectivity index (χ1n) is 53.5. The van der Waals surface area contributed by atoms with E-state index in [4.69, 9.17) is 9.98 Å². The van der Waals surface area contributed by atoms with Gasteiger partial charge in [-0.05, 0) is 120 Å². The van der Waals surface area contributed by atoms with Gasteiger partial charge in [-0.3, -0.25) is 44.9 Å². The standard InChI is InChI=1S/C16H37NOSi2.C14H33NOSi2.C13H29NOSi.C12H27NOSi.C11H27NOSi2.C11H25NOSi.C10H25NOSi2.C10H21NOSi.C9H19NOSi.9Co/c1-9-19(10-2,11-3)15(17-8)16(7,18)20(12-4,13-5)14-6;1-9-15-13(17(6,7)8)14(5,16)18(10-2,11-3)12-4;1-9-14-12(16(6,7)8)13(15,10(2)3)11(4)5;1-8-12(14,10(3)4)11(13-9-2)15(5,6)7;1-9-12-10(14(3,4)5)11(2,13)15(6,7)8;1-7-11(13,8-2)10(12-9-3)14(4,5)6;1-10(12,14(6,7)8)9(11-2)13(3,4)5;1-7-10(3,12)9(11-8-2)13(4,5)6;1-7-9(2,11)8(10-3)12(4,5)6;;;;;;;;;/h18H,9-14H2,1-8H3;16H,9-12H2,1-8H3;10-11,15H,9H2,1-8H3;10,14H,8-9H2,1-7H3;13H,9H2,1-8H3;13H,7-9H2,1-6H3;12H,1-8H3;7,12H,1,8H2,2-6H3;7,11H,1H2,2-6H3;;;;;;;;;. The molecule has 0 fully saturated rings. The summed E-state index contributed by atoms with van der Waals surface area (Å²) < 4.78 is 0. The average Bonchev–Trinajstić information content (AvgIpc) is 0.749. The molecule has 0 aliphatic heterocycles. The van der Waals surface area contributed by atoms with Gasteiger partial charge < -0.3 is 46.0 Å². The van der Waals surface area contributed by atoms with Crippen LogP contribution in [0.25, 0.3) is 0 Å². The Hall–Kier alpha value is 3.53. The molecule has 7 unspecified atom stereocenters. The summed E-state index contributed by atoms with van der Waals surface area (Å²) >= 11 is 0.